The molecule has 0 fully saturated rings. The van der Waals surface area contributed by atoms with Crippen LogP contribution < -0.4 is 5.73 Å². The lowest BCUT2D eigenvalue weighted by Crippen LogP contribution is -2.12. The third-order valence-electron chi connectivity index (χ3n) is 1.87. The minimum absolute atomic E-state index is 0.141. The van der Waals surface area contributed by atoms with E-state index in [-0.39, 0.29) is 11.5 Å². The summed E-state index contributed by atoms with van der Waals surface area (Å²) in [7, 11) is 0. The predicted molar refractivity (Wildman–Crippen MR) is 60.6 cm³/mol. The van der Waals surface area contributed by atoms with Crippen molar-refractivity contribution in [3.8, 4) is 0 Å². The van der Waals surface area contributed by atoms with Gasteiger partial charge in [-0.15, -0.1) is 0 Å². The largest absolute Gasteiger partial charge is 0.325 e. The van der Waals surface area contributed by atoms with Gasteiger partial charge in [0, 0.05) is 6.04 Å². The number of hydrogen-bond acceptors (Lipinski definition) is 1. The number of rotatable bonds is 3. The molecule has 0 amide bonds. The number of hydrogen-bond donors (Lipinski definition) is 1. The normalized spacial score (nSPS) is 16.6. The lowest BCUT2D eigenvalue weighted by molar-refractivity contribution is 0.514. The molecule has 0 saturated carbocycles. The van der Waals surface area contributed by atoms with Gasteiger partial charge < -0.3 is 5.73 Å². The molecule has 0 aromatic rings. The zero-order valence-corrected chi connectivity index (χ0v) is 9.59. The summed E-state index contributed by atoms with van der Waals surface area (Å²) in [6.07, 6.45) is 7.54. The maximum atomic E-state index is 5.67. The maximum Gasteiger partial charge on any atom is 0.0197 e. The van der Waals surface area contributed by atoms with E-state index in [1.165, 1.54) is 5.57 Å². The Kier molecular flexibility index (Phi) is 5.01. The first-order valence-corrected chi connectivity index (χ1v) is 5.02. The Labute approximate surface area is 82.7 Å². The Balaban J connectivity index is 4.56. The number of allylic oxidation sites excluding steroid dienone is 3. The first kappa shape index (κ1) is 12.4. The van der Waals surface area contributed by atoms with Gasteiger partial charge in [0.15, 0.2) is 0 Å². The SMILES string of the molecule is CC/C=C(\C=C/C(C)N)C(C)(C)C. The van der Waals surface area contributed by atoms with E-state index in [0.717, 1.165) is 6.42 Å². The zero-order chi connectivity index (χ0) is 10.5. The van der Waals surface area contributed by atoms with Gasteiger partial charge in [0.1, 0.15) is 0 Å². The fourth-order valence-corrected chi connectivity index (χ4v) is 1.10. The van der Waals surface area contributed by atoms with E-state index in [1.807, 2.05) is 13.0 Å². The highest BCUT2D eigenvalue weighted by atomic mass is 14.6. The quantitative estimate of drug-likeness (QED) is 0.664. The van der Waals surface area contributed by atoms with Crippen LogP contribution in [0.4, 0.5) is 0 Å². The molecule has 76 valence electrons. The second-order valence-electron chi connectivity index (χ2n) is 4.54. The van der Waals surface area contributed by atoms with Crippen molar-refractivity contribution in [2.75, 3.05) is 0 Å². The fourth-order valence-electron chi connectivity index (χ4n) is 1.10. The van der Waals surface area contributed by atoms with Crippen LogP contribution in [0.25, 0.3) is 0 Å². The Bertz CT molecular complexity index is 192. The molecule has 2 N–H and O–H groups in total. The smallest absolute Gasteiger partial charge is 0.0197 e. The van der Waals surface area contributed by atoms with Gasteiger partial charge in [-0.1, -0.05) is 45.9 Å². The molecule has 1 unspecified atom stereocenters. The van der Waals surface area contributed by atoms with Crippen molar-refractivity contribution in [3.63, 3.8) is 0 Å². The van der Waals surface area contributed by atoms with Crippen LogP contribution in [-0.4, -0.2) is 6.04 Å². The van der Waals surface area contributed by atoms with Crippen molar-refractivity contribution in [2.45, 2.75) is 47.1 Å². The first-order chi connectivity index (χ1) is 5.88. The van der Waals surface area contributed by atoms with Crippen molar-refractivity contribution in [1.82, 2.24) is 0 Å². The van der Waals surface area contributed by atoms with Gasteiger partial charge in [-0.25, -0.2) is 0 Å². The van der Waals surface area contributed by atoms with Crippen LogP contribution in [0.3, 0.4) is 0 Å². The Morgan fingerprint density at radius 3 is 2.23 bits per heavy atom. The summed E-state index contributed by atoms with van der Waals surface area (Å²) in [5.74, 6) is 0. The van der Waals surface area contributed by atoms with E-state index in [0.29, 0.717) is 0 Å². The van der Waals surface area contributed by atoms with Gasteiger partial charge in [0.05, 0.1) is 0 Å². The van der Waals surface area contributed by atoms with Gasteiger partial charge in [0.2, 0.25) is 0 Å². The van der Waals surface area contributed by atoms with Gasteiger partial charge in [0.25, 0.3) is 0 Å². The molecule has 0 aromatic heterocycles. The summed E-state index contributed by atoms with van der Waals surface area (Å²) >= 11 is 0. The lowest BCUT2D eigenvalue weighted by Gasteiger charge is -2.20. The van der Waals surface area contributed by atoms with E-state index in [2.05, 4.69) is 39.8 Å². The molecule has 1 heteroatoms. The molecule has 0 aromatic carbocycles. The molecule has 0 spiro atoms. The minimum atomic E-state index is 0.141. The molecule has 0 bridgehead atoms. The van der Waals surface area contributed by atoms with Crippen LogP contribution in [0.2, 0.25) is 0 Å². The minimum Gasteiger partial charge on any atom is -0.325 e. The summed E-state index contributed by atoms with van der Waals surface area (Å²) < 4.78 is 0. The maximum absolute atomic E-state index is 5.67. The van der Waals surface area contributed by atoms with E-state index < -0.39 is 0 Å². The Morgan fingerprint density at radius 2 is 1.92 bits per heavy atom. The highest BCUT2D eigenvalue weighted by Crippen LogP contribution is 2.26. The van der Waals surface area contributed by atoms with Gasteiger partial charge >= 0.3 is 0 Å². The van der Waals surface area contributed by atoms with Crippen molar-refractivity contribution in [1.29, 1.82) is 0 Å². The molecule has 0 aliphatic heterocycles. The summed E-state index contributed by atoms with van der Waals surface area (Å²) in [5, 5.41) is 0. The molecule has 0 saturated heterocycles. The fraction of sp³-hybridized carbons (Fsp3) is 0.667. The molecular formula is C12H23N. The molecule has 13 heavy (non-hydrogen) atoms. The average Bonchev–Trinajstić information content (AvgIpc) is 1.95. The molecule has 1 atom stereocenters. The predicted octanol–water partition coefficient (Wildman–Crippen LogP) is 3.27. The zero-order valence-electron chi connectivity index (χ0n) is 9.59. The average molecular weight is 181 g/mol. The van der Waals surface area contributed by atoms with Gasteiger partial charge in [-0.05, 0) is 24.3 Å². The van der Waals surface area contributed by atoms with Crippen molar-refractivity contribution in [3.05, 3.63) is 23.8 Å². The third kappa shape index (κ3) is 5.64. The lowest BCUT2D eigenvalue weighted by atomic mass is 9.85. The highest BCUT2D eigenvalue weighted by Gasteiger charge is 2.13. The molecule has 0 heterocycles. The molecular weight excluding hydrogens is 158 g/mol. The summed E-state index contributed by atoms with van der Waals surface area (Å²) in [6.45, 7) is 10.8. The van der Waals surface area contributed by atoms with Crippen LogP contribution in [0, 0.1) is 5.41 Å². The second kappa shape index (κ2) is 5.23. The highest BCUT2D eigenvalue weighted by molar-refractivity contribution is 5.25. The molecule has 0 rings (SSSR count). The topological polar surface area (TPSA) is 26.0 Å². The Hall–Kier alpha value is -0.560. The van der Waals surface area contributed by atoms with Crippen molar-refractivity contribution in [2.24, 2.45) is 11.1 Å². The molecule has 0 aliphatic rings. The second-order valence-corrected chi connectivity index (χ2v) is 4.54. The van der Waals surface area contributed by atoms with Crippen LogP contribution in [0.1, 0.15) is 41.0 Å². The van der Waals surface area contributed by atoms with Crippen LogP contribution in [0.5, 0.6) is 0 Å². The van der Waals surface area contributed by atoms with Gasteiger partial charge in [-0.2, -0.15) is 0 Å². The standard InChI is InChI=1S/C12H23N/c1-6-7-11(12(3,4)5)9-8-10(2)13/h7-10H,6,13H2,1-5H3/b9-8-,11-7+. The van der Waals surface area contributed by atoms with E-state index >= 15 is 0 Å². The molecule has 1 nitrogen and oxygen atoms in total. The summed E-state index contributed by atoms with van der Waals surface area (Å²) in [6, 6.07) is 0.141. The summed E-state index contributed by atoms with van der Waals surface area (Å²) in [4.78, 5) is 0. The molecule has 0 radical (unpaired) electrons. The third-order valence-corrected chi connectivity index (χ3v) is 1.87. The van der Waals surface area contributed by atoms with Gasteiger partial charge in [-0.3, -0.25) is 0 Å². The van der Waals surface area contributed by atoms with E-state index in [9.17, 15) is 0 Å². The summed E-state index contributed by atoms with van der Waals surface area (Å²) in [5.41, 5.74) is 7.26. The van der Waals surface area contributed by atoms with Crippen molar-refractivity contribution >= 4 is 0 Å². The van der Waals surface area contributed by atoms with E-state index in [1.54, 1.807) is 0 Å². The van der Waals surface area contributed by atoms with Crippen LogP contribution >= 0.6 is 0 Å². The monoisotopic (exact) mass is 181 g/mol. The van der Waals surface area contributed by atoms with Crippen LogP contribution in [0.15, 0.2) is 23.8 Å². The van der Waals surface area contributed by atoms with Crippen molar-refractivity contribution < 1.29 is 0 Å². The first-order valence-electron chi connectivity index (χ1n) is 5.02. The Morgan fingerprint density at radius 1 is 1.38 bits per heavy atom. The van der Waals surface area contributed by atoms with Crippen LogP contribution in [-0.2, 0) is 0 Å². The number of nitrogens with two attached hydrogens (primary N) is 1. The molecule has 0 aliphatic carbocycles. The van der Waals surface area contributed by atoms with E-state index in [4.69, 9.17) is 5.73 Å².